The van der Waals surface area contributed by atoms with E-state index in [4.69, 9.17) is 16.3 Å². The maximum absolute atomic E-state index is 12.1. The third kappa shape index (κ3) is 5.62. The molecule has 0 saturated heterocycles. The zero-order valence-corrected chi connectivity index (χ0v) is 15.5. The van der Waals surface area contributed by atoms with Crippen molar-refractivity contribution in [1.29, 1.82) is 0 Å². The van der Waals surface area contributed by atoms with Crippen molar-refractivity contribution in [2.24, 2.45) is 0 Å². The minimum Gasteiger partial charge on any atom is -0.497 e. The highest BCUT2D eigenvalue weighted by Gasteiger charge is 2.03. The number of rotatable bonds is 5. The molecule has 4 nitrogen and oxygen atoms in total. The van der Waals surface area contributed by atoms with E-state index in [0.29, 0.717) is 16.4 Å². The van der Waals surface area contributed by atoms with E-state index in [0.717, 1.165) is 16.9 Å². The SMILES string of the molecule is COc1ccc(/C=C/c2cccc(NC(=O)Nc3ccc(Cl)cc3)c2)cc1. The quantitative estimate of drug-likeness (QED) is 0.522. The topological polar surface area (TPSA) is 50.4 Å². The first kappa shape index (κ1) is 18.5. The van der Waals surface area contributed by atoms with Crippen LogP contribution in [0.3, 0.4) is 0 Å². The summed E-state index contributed by atoms with van der Waals surface area (Å²) in [7, 11) is 1.65. The lowest BCUT2D eigenvalue weighted by atomic mass is 10.1. The molecule has 0 saturated carbocycles. The van der Waals surface area contributed by atoms with Crippen LogP contribution in [0.4, 0.5) is 16.2 Å². The monoisotopic (exact) mass is 378 g/mol. The van der Waals surface area contributed by atoms with E-state index in [1.165, 1.54) is 0 Å². The predicted octanol–water partition coefficient (Wildman–Crippen LogP) is 6.16. The Morgan fingerprint density at radius 2 is 1.52 bits per heavy atom. The molecule has 0 aliphatic rings. The van der Waals surface area contributed by atoms with Crippen molar-refractivity contribution >= 4 is 41.2 Å². The molecule has 3 rings (SSSR count). The minimum absolute atomic E-state index is 0.311. The van der Waals surface area contributed by atoms with Gasteiger partial charge in [0.15, 0.2) is 0 Å². The molecule has 3 aromatic rings. The Morgan fingerprint density at radius 3 is 2.22 bits per heavy atom. The van der Waals surface area contributed by atoms with Gasteiger partial charge in [-0.3, -0.25) is 0 Å². The van der Waals surface area contributed by atoms with Crippen LogP contribution in [-0.4, -0.2) is 13.1 Å². The van der Waals surface area contributed by atoms with E-state index in [1.807, 2.05) is 60.7 Å². The van der Waals surface area contributed by atoms with Crippen LogP contribution < -0.4 is 15.4 Å². The number of amides is 2. The molecular formula is C22H19ClN2O2. The fraction of sp³-hybridized carbons (Fsp3) is 0.0455. The third-order valence-corrected chi connectivity index (χ3v) is 4.08. The van der Waals surface area contributed by atoms with Crippen molar-refractivity contribution in [2.75, 3.05) is 17.7 Å². The molecule has 0 spiro atoms. The first-order valence-corrected chi connectivity index (χ1v) is 8.76. The second-order valence-electron chi connectivity index (χ2n) is 5.82. The Balaban J connectivity index is 1.63. The van der Waals surface area contributed by atoms with Crippen molar-refractivity contribution < 1.29 is 9.53 Å². The second-order valence-corrected chi connectivity index (χ2v) is 6.25. The minimum atomic E-state index is -0.311. The first-order chi connectivity index (χ1) is 13.1. The fourth-order valence-corrected chi connectivity index (χ4v) is 2.58. The lowest BCUT2D eigenvalue weighted by molar-refractivity contribution is 0.262. The van der Waals surface area contributed by atoms with Crippen LogP contribution in [0.15, 0.2) is 72.8 Å². The molecule has 0 radical (unpaired) electrons. The largest absolute Gasteiger partial charge is 0.497 e. The van der Waals surface area contributed by atoms with Crippen LogP contribution in [0, 0.1) is 0 Å². The van der Waals surface area contributed by atoms with Gasteiger partial charge in [0.2, 0.25) is 0 Å². The van der Waals surface area contributed by atoms with E-state index in [9.17, 15) is 4.79 Å². The number of hydrogen-bond acceptors (Lipinski definition) is 2. The van der Waals surface area contributed by atoms with Crippen LogP contribution >= 0.6 is 11.6 Å². The average Bonchev–Trinajstić information content (AvgIpc) is 2.69. The summed E-state index contributed by atoms with van der Waals surface area (Å²) in [5.41, 5.74) is 3.43. The summed E-state index contributed by atoms with van der Waals surface area (Å²) < 4.78 is 5.16. The Labute approximate surface area is 163 Å². The molecule has 5 heteroatoms. The van der Waals surface area contributed by atoms with Crippen LogP contribution in [0.25, 0.3) is 12.2 Å². The molecular weight excluding hydrogens is 360 g/mol. The smallest absolute Gasteiger partial charge is 0.323 e. The number of ether oxygens (including phenoxy) is 1. The normalized spacial score (nSPS) is 10.6. The van der Waals surface area contributed by atoms with Crippen LogP contribution in [-0.2, 0) is 0 Å². The zero-order chi connectivity index (χ0) is 19.1. The molecule has 3 aromatic carbocycles. The maximum atomic E-state index is 12.1. The number of hydrogen-bond donors (Lipinski definition) is 2. The Morgan fingerprint density at radius 1 is 0.852 bits per heavy atom. The van der Waals surface area contributed by atoms with Crippen LogP contribution in [0.5, 0.6) is 5.75 Å². The summed E-state index contributed by atoms with van der Waals surface area (Å²) in [6.07, 6.45) is 4.00. The van der Waals surface area contributed by atoms with Gasteiger partial charge in [0.05, 0.1) is 7.11 Å². The second kappa shape index (κ2) is 8.92. The van der Waals surface area contributed by atoms with Crippen LogP contribution in [0.2, 0.25) is 5.02 Å². The molecule has 0 aliphatic heterocycles. The van der Waals surface area contributed by atoms with Gasteiger partial charge in [-0.15, -0.1) is 0 Å². The third-order valence-electron chi connectivity index (χ3n) is 3.83. The lowest BCUT2D eigenvalue weighted by Crippen LogP contribution is -2.19. The average molecular weight is 379 g/mol. The highest BCUT2D eigenvalue weighted by molar-refractivity contribution is 6.30. The standard InChI is InChI=1S/C22H19ClN2O2/c1-27-21-13-7-16(8-14-21)5-6-17-3-2-4-20(15-17)25-22(26)24-19-11-9-18(23)10-12-19/h2-15H,1H3,(H2,24,25,26)/b6-5+. The van der Waals surface area contributed by atoms with Gasteiger partial charge in [0.25, 0.3) is 0 Å². The fourth-order valence-electron chi connectivity index (χ4n) is 2.45. The lowest BCUT2D eigenvalue weighted by Gasteiger charge is -2.08. The summed E-state index contributed by atoms with van der Waals surface area (Å²) in [4.78, 5) is 12.1. The van der Waals surface area contributed by atoms with Gasteiger partial charge in [-0.25, -0.2) is 4.79 Å². The van der Waals surface area contributed by atoms with Gasteiger partial charge in [-0.1, -0.05) is 48.0 Å². The Bertz CT molecular complexity index is 935. The molecule has 0 fully saturated rings. The van der Waals surface area contributed by atoms with Gasteiger partial charge < -0.3 is 15.4 Å². The van der Waals surface area contributed by atoms with E-state index < -0.39 is 0 Å². The molecule has 2 N–H and O–H groups in total. The van der Waals surface area contributed by atoms with E-state index in [-0.39, 0.29) is 6.03 Å². The molecule has 0 heterocycles. The molecule has 0 bridgehead atoms. The van der Waals surface area contributed by atoms with Crippen molar-refractivity contribution in [3.05, 3.63) is 88.9 Å². The number of carbonyl (C=O) groups is 1. The number of carbonyl (C=O) groups excluding carboxylic acids is 1. The molecule has 0 aromatic heterocycles. The molecule has 2 amide bonds. The van der Waals surface area contributed by atoms with Crippen molar-refractivity contribution in [1.82, 2.24) is 0 Å². The van der Waals surface area contributed by atoms with Crippen molar-refractivity contribution in [3.63, 3.8) is 0 Å². The number of urea groups is 1. The van der Waals surface area contributed by atoms with E-state index in [1.54, 1.807) is 31.4 Å². The maximum Gasteiger partial charge on any atom is 0.323 e. The summed E-state index contributed by atoms with van der Waals surface area (Å²) in [5, 5.41) is 6.21. The molecule has 0 atom stereocenters. The van der Waals surface area contributed by atoms with Crippen LogP contribution in [0.1, 0.15) is 11.1 Å². The summed E-state index contributed by atoms with van der Waals surface area (Å²) in [6.45, 7) is 0. The number of anilines is 2. The summed E-state index contributed by atoms with van der Waals surface area (Å²) >= 11 is 5.84. The van der Waals surface area contributed by atoms with Gasteiger partial charge in [-0.2, -0.15) is 0 Å². The van der Waals surface area contributed by atoms with Gasteiger partial charge in [0, 0.05) is 16.4 Å². The van der Waals surface area contributed by atoms with E-state index >= 15 is 0 Å². The van der Waals surface area contributed by atoms with Gasteiger partial charge in [-0.05, 0) is 59.7 Å². The predicted molar refractivity (Wildman–Crippen MR) is 112 cm³/mol. The molecule has 0 aliphatic carbocycles. The highest BCUT2D eigenvalue weighted by Crippen LogP contribution is 2.17. The summed E-state index contributed by atoms with van der Waals surface area (Å²) in [6, 6.07) is 22.0. The van der Waals surface area contributed by atoms with Gasteiger partial charge in [0.1, 0.15) is 5.75 Å². The van der Waals surface area contributed by atoms with Gasteiger partial charge >= 0.3 is 6.03 Å². The Hall–Kier alpha value is -3.24. The first-order valence-electron chi connectivity index (χ1n) is 8.38. The van der Waals surface area contributed by atoms with Crippen molar-refractivity contribution in [2.45, 2.75) is 0 Å². The number of methoxy groups -OCH3 is 1. The highest BCUT2D eigenvalue weighted by atomic mass is 35.5. The number of benzene rings is 3. The molecule has 27 heavy (non-hydrogen) atoms. The molecule has 136 valence electrons. The van der Waals surface area contributed by atoms with E-state index in [2.05, 4.69) is 10.6 Å². The summed E-state index contributed by atoms with van der Waals surface area (Å²) in [5.74, 6) is 0.824. The van der Waals surface area contributed by atoms with Crippen molar-refractivity contribution in [3.8, 4) is 5.75 Å². The number of nitrogens with one attached hydrogen (secondary N) is 2. The number of halogens is 1. The Kier molecular flexibility index (Phi) is 6.13. The zero-order valence-electron chi connectivity index (χ0n) is 14.8. The molecule has 0 unspecified atom stereocenters.